The Kier molecular flexibility index (Phi) is 4.79. The molecule has 1 fully saturated rings. The van der Waals surface area contributed by atoms with Gasteiger partial charge in [-0.2, -0.15) is 0 Å². The van der Waals surface area contributed by atoms with E-state index in [0.717, 1.165) is 5.00 Å². The Morgan fingerprint density at radius 2 is 2.21 bits per heavy atom. The van der Waals surface area contributed by atoms with E-state index in [2.05, 4.69) is 5.32 Å². The molecule has 2 heterocycles. The lowest BCUT2D eigenvalue weighted by atomic mass is 9.97. The van der Waals surface area contributed by atoms with Gasteiger partial charge in [-0.25, -0.2) is 4.79 Å². The van der Waals surface area contributed by atoms with E-state index < -0.39 is 0 Å². The number of piperidine rings is 1. The maximum atomic E-state index is 12.0. The Morgan fingerprint density at radius 1 is 1.47 bits per heavy atom. The van der Waals surface area contributed by atoms with Crippen molar-refractivity contribution >= 4 is 28.3 Å². The summed E-state index contributed by atoms with van der Waals surface area (Å²) < 4.78 is 5.01. The third-order valence-electron chi connectivity index (χ3n) is 3.15. The van der Waals surface area contributed by atoms with Gasteiger partial charge in [-0.3, -0.25) is 10.1 Å². The average molecular weight is 282 g/mol. The lowest BCUT2D eigenvalue weighted by molar-refractivity contribution is -0.149. The number of likely N-dealkylation sites (tertiary alicyclic amines) is 1. The van der Waals surface area contributed by atoms with Crippen molar-refractivity contribution in [1.82, 2.24) is 4.90 Å². The third kappa shape index (κ3) is 3.70. The molecule has 2 rings (SSSR count). The largest absolute Gasteiger partial charge is 0.466 e. The fourth-order valence-corrected chi connectivity index (χ4v) is 2.72. The Morgan fingerprint density at radius 3 is 2.79 bits per heavy atom. The molecule has 0 spiro atoms. The van der Waals surface area contributed by atoms with E-state index in [1.807, 2.05) is 24.4 Å². The minimum Gasteiger partial charge on any atom is -0.466 e. The van der Waals surface area contributed by atoms with E-state index in [-0.39, 0.29) is 17.9 Å². The minimum absolute atomic E-state index is 0.0641. The van der Waals surface area contributed by atoms with Crippen LogP contribution in [-0.4, -0.2) is 36.6 Å². The summed E-state index contributed by atoms with van der Waals surface area (Å²) in [6.07, 6.45) is 1.35. The van der Waals surface area contributed by atoms with Gasteiger partial charge in [0.2, 0.25) is 0 Å². The first-order valence-electron chi connectivity index (χ1n) is 6.46. The Balaban J connectivity index is 1.79. The highest BCUT2D eigenvalue weighted by Crippen LogP contribution is 2.21. The number of anilines is 1. The molecule has 6 heteroatoms. The van der Waals surface area contributed by atoms with Gasteiger partial charge in [-0.05, 0) is 37.3 Å². The number of rotatable bonds is 3. The number of thiophene rings is 1. The molecule has 19 heavy (non-hydrogen) atoms. The van der Waals surface area contributed by atoms with Gasteiger partial charge in [0.05, 0.1) is 17.5 Å². The molecule has 1 aliphatic rings. The molecule has 0 radical (unpaired) electrons. The molecular formula is C13H18N2O3S. The monoisotopic (exact) mass is 282 g/mol. The molecule has 5 nitrogen and oxygen atoms in total. The highest BCUT2D eigenvalue weighted by Gasteiger charge is 2.28. The second-order valence-electron chi connectivity index (χ2n) is 4.42. The molecule has 0 unspecified atom stereocenters. The number of ether oxygens (including phenoxy) is 1. The highest BCUT2D eigenvalue weighted by atomic mass is 32.1. The van der Waals surface area contributed by atoms with Gasteiger partial charge in [0, 0.05) is 13.1 Å². The summed E-state index contributed by atoms with van der Waals surface area (Å²) in [5.74, 6) is -0.202. The summed E-state index contributed by atoms with van der Waals surface area (Å²) in [7, 11) is 0. The van der Waals surface area contributed by atoms with Crippen LogP contribution < -0.4 is 5.32 Å². The van der Waals surface area contributed by atoms with Crippen LogP contribution in [-0.2, 0) is 9.53 Å². The zero-order valence-electron chi connectivity index (χ0n) is 10.9. The first-order chi connectivity index (χ1) is 9.20. The summed E-state index contributed by atoms with van der Waals surface area (Å²) >= 11 is 1.49. The van der Waals surface area contributed by atoms with Crippen LogP contribution in [0.4, 0.5) is 9.80 Å². The quantitative estimate of drug-likeness (QED) is 0.867. The Bertz CT molecular complexity index is 425. The van der Waals surface area contributed by atoms with Crippen LogP contribution >= 0.6 is 11.3 Å². The summed E-state index contributed by atoms with van der Waals surface area (Å²) in [5.41, 5.74) is 0. The van der Waals surface area contributed by atoms with Crippen molar-refractivity contribution in [2.75, 3.05) is 25.0 Å². The van der Waals surface area contributed by atoms with E-state index in [9.17, 15) is 9.59 Å². The molecule has 1 saturated heterocycles. The van der Waals surface area contributed by atoms with E-state index >= 15 is 0 Å². The van der Waals surface area contributed by atoms with Crippen LogP contribution in [0.2, 0.25) is 0 Å². The summed E-state index contributed by atoms with van der Waals surface area (Å²) in [6, 6.07) is 3.67. The lowest BCUT2D eigenvalue weighted by Gasteiger charge is -2.30. The number of esters is 1. The molecule has 0 bridgehead atoms. The fraction of sp³-hybridized carbons (Fsp3) is 0.538. The van der Waals surface area contributed by atoms with Crippen LogP contribution in [0.3, 0.4) is 0 Å². The number of hydrogen-bond acceptors (Lipinski definition) is 4. The van der Waals surface area contributed by atoms with Crippen molar-refractivity contribution < 1.29 is 14.3 Å². The number of nitrogens with zero attached hydrogens (tertiary/aromatic N) is 1. The van der Waals surface area contributed by atoms with Crippen molar-refractivity contribution in [2.45, 2.75) is 19.8 Å². The molecule has 104 valence electrons. The summed E-state index contributed by atoms with van der Waals surface area (Å²) in [4.78, 5) is 25.3. The van der Waals surface area contributed by atoms with Crippen LogP contribution in [0.25, 0.3) is 0 Å². The predicted molar refractivity (Wildman–Crippen MR) is 74.3 cm³/mol. The first-order valence-corrected chi connectivity index (χ1v) is 7.34. The van der Waals surface area contributed by atoms with Gasteiger partial charge >= 0.3 is 12.0 Å². The fourth-order valence-electron chi connectivity index (χ4n) is 2.11. The van der Waals surface area contributed by atoms with Crippen LogP contribution in [0.15, 0.2) is 17.5 Å². The number of urea groups is 1. The molecule has 1 aromatic heterocycles. The molecule has 0 aromatic carbocycles. The molecule has 0 atom stereocenters. The van der Waals surface area contributed by atoms with Crippen molar-refractivity contribution in [3.8, 4) is 0 Å². The summed E-state index contributed by atoms with van der Waals surface area (Å²) in [5, 5.41) is 5.61. The molecule has 0 saturated carbocycles. The van der Waals surface area contributed by atoms with Crippen molar-refractivity contribution in [3.63, 3.8) is 0 Å². The normalized spacial score (nSPS) is 16.2. The number of hydrogen-bond donors (Lipinski definition) is 1. The Labute approximate surface area is 116 Å². The standard InChI is InChI=1S/C13H18N2O3S/c1-2-18-12(16)10-5-7-15(8-6-10)13(17)14-11-4-3-9-19-11/h3-4,9-10H,2,5-8H2,1H3,(H,14,17). The maximum Gasteiger partial charge on any atom is 0.322 e. The zero-order chi connectivity index (χ0) is 13.7. The molecular weight excluding hydrogens is 264 g/mol. The van der Waals surface area contributed by atoms with Gasteiger partial charge in [0.15, 0.2) is 0 Å². The van der Waals surface area contributed by atoms with Crippen molar-refractivity contribution in [3.05, 3.63) is 17.5 Å². The second kappa shape index (κ2) is 6.56. The van der Waals surface area contributed by atoms with Crippen LogP contribution in [0.5, 0.6) is 0 Å². The van der Waals surface area contributed by atoms with Gasteiger partial charge in [0.1, 0.15) is 0 Å². The molecule has 1 aromatic rings. The number of carbonyl (C=O) groups is 2. The number of amides is 2. The van der Waals surface area contributed by atoms with Gasteiger partial charge in [0.25, 0.3) is 0 Å². The molecule has 1 N–H and O–H groups in total. The highest BCUT2D eigenvalue weighted by molar-refractivity contribution is 7.14. The van der Waals surface area contributed by atoms with Crippen LogP contribution in [0, 0.1) is 5.92 Å². The van der Waals surface area contributed by atoms with Gasteiger partial charge < -0.3 is 9.64 Å². The lowest BCUT2D eigenvalue weighted by Crippen LogP contribution is -2.42. The maximum absolute atomic E-state index is 12.0. The van der Waals surface area contributed by atoms with Crippen molar-refractivity contribution in [2.24, 2.45) is 5.92 Å². The zero-order valence-corrected chi connectivity index (χ0v) is 11.7. The predicted octanol–water partition coefficient (Wildman–Crippen LogP) is 2.56. The summed E-state index contributed by atoms with van der Waals surface area (Å²) in [6.45, 7) is 3.42. The van der Waals surface area contributed by atoms with Gasteiger partial charge in [-0.1, -0.05) is 0 Å². The van der Waals surface area contributed by atoms with Gasteiger partial charge in [-0.15, -0.1) is 11.3 Å². The third-order valence-corrected chi connectivity index (χ3v) is 3.94. The average Bonchev–Trinajstić information content (AvgIpc) is 2.92. The minimum atomic E-state index is -0.138. The van der Waals surface area contributed by atoms with Crippen molar-refractivity contribution in [1.29, 1.82) is 0 Å². The van der Waals surface area contributed by atoms with E-state index in [1.54, 1.807) is 4.90 Å². The smallest absolute Gasteiger partial charge is 0.322 e. The number of carbonyl (C=O) groups excluding carboxylic acids is 2. The van der Waals surface area contributed by atoms with E-state index in [4.69, 9.17) is 4.74 Å². The van der Waals surface area contributed by atoms with E-state index in [1.165, 1.54) is 11.3 Å². The molecule has 2 amide bonds. The molecule has 0 aliphatic carbocycles. The van der Waals surface area contributed by atoms with E-state index in [0.29, 0.717) is 32.5 Å². The van der Waals surface area contributed by atoms with Crippen LogP contribution in [0.1, 0.15) is 19.8 Å². The second-order valence-corrected chi connectivity index (χ2v) is 5.37. The SMILES string of the molecule is CCOC(=O)C1CCN(C(=O)Nc2cccs2)CC1. The first kappa shape index (κ1) is 13.9. The topological polar surface area (TPSA) is 58.6 Å². The Hall–Kier alpha value is -1.56. The molecule has 1 aliphatic heterocycles. The number of nitrogens with one attached hydrogen (secondary N) is 1.